The van der Waals surface area contributed by atoms with Crippen molar-refractivity contribution in [3.8, 4) is 0 Å². The van der Waals surface area contributed by atoms with E-state index in [-0.39, 0.29) is 0 Å². The van der Waals surface area contributed by atoms with E-state index >= 15 is 0 Å². The van der Waals surface area contributed by atoms with E-state index in [2.05, 4.69) is 22.0 Å². The Kier molecular flexibility index (Phi) is 7.14. The van der Waals surface area contributed by atoms with Gasteiger partial charge in [-0.2, -0.15) is 0 Å². The topological polar surface area (TPSA) is 27.7 Å². The van der Waals surface area contributed by atoms with Crippen molar-refractivity contribution in [2.75, 3.05) is 59.0 Å². The van der Waals surface area contributed by atoms with E-state index in [1.807, 2.05) is 0 Å². The van der Waals surface area contributed by atoms with Gasteiger partial charge >= 0.3 is 0 Å². The number of morpholine rings is 1. The molecule has 1 atom stereocenters. The summed E-state index contributed by atoms with van der Waals surface area (Å²) in [6.45, 7) is 12.5. The standard InChI is InChI=1S/C15H31N3O/c1-2-3-7-18(14-15-5-4-6-16-15)9-8-17-10-12-19-13-11-17/h15-16H,2-14H2,1H3. The predicted octanol–water partition coefficient (Wildman–Crippen LogP) is 1.17. The maximum Gasteiger partial charge on any atom is 0.0594 e. The number of nitrogens with one attached hydrogen (secondary N) is 1. The van der Waals surface area contributed by atoms with Crippen molar-refractivity contribution in [2.45, 2.75) is 38.6 Å². The minimum atomic E-state index is 0.738. The third kappa shape index (κ3) is 5.78. The van der Waals surface area contributed by atoms with Gasteiger partial charge in [0.2, 0.25) is 0 Å². The number of hydrogen-bond acceptors (Lipinski definition) is 4. The molecule has 0 radical (unpaired) electrons. The third-order valence-electron chi connectivity index (χ3n) is 4.31. The molecule has 4 heteroatoms. The van der Waals surface area contributed by atoms with Crippen molar-refractivity contribution >= 4 is 0 Å². The van der Waals surface area contributed by atoms with Gasteiger partial charge in [-0.15, -0.1) is 0 Å². The van der Waals surface area contributed by atoms with Crippen molar-refractivity contribution < 1.29 is 4.74 Å². The minimum Gasteiger partial charge on any atom is -0.379 e. The van der Waals surface area contributed by atoms with E-state index in [9.17, 15) is 0 Å². The van der Waals surface area contributed by atoms with Gasteiger partial charge < -0.3 is 15.0 Å². The molecule has 1 N–H and O–H groups in total. The summed E-state index contributed by atoms with van der Waals surface area (Å²) in [6, 6.07) is 0.738. The van der Waals surface area contributed by atoms with Gasteiger partial charge in [-0.05, 0) is 32.4 Å². The fourth-order valence-electron chi connectivity index (χ4n) is 3.01. The van der Waals surface area contributed by atoms with Crippen LogP contribution in [0.4, 0.5) is 0 Å². The van der Waals surface area contributed by atoms with Crippen LogP contribution in [0.25, 0.3) is 0 Å². The minimum absolute atomic E-state index is 0.738. The number of rotatable bonds is 8. The van der Waals surface area contributed by atoms with Crippen LogP contribution in [0.2, 0.25) is 0 Å². The Morgan fingerprint density at radius 3 is 2.79 bits per heavy atom. The molecule has 19 heavy (non-hydrogen) atoms. The van der Waals surface area contributed by atoms with Crippen molar-refractivity contribution in [1.29, 1.82) is 0 Å². The van der Waals surface area contributed by atoms with Crippen molar-refractivity contribution in [3.63, 3.8) is 0 Å². The van der Waals surface area contributed by atoms with Crippen LogP contribution in [0.1, 0.15) is 32.6 Å². The highest BCUT2D eigenvalue weighted by molar-refractivity contribution is 4.78. The van der Waals surface area contributed by atoms with Crippen molar-refractivity contribution in [3.05, 3.63) is 0 Å². The number of ether oxygens (including phenoxy) is 1. The first-order valence-electron chi connectivity index (χ1n) is 8.14. The van der Waals surface area contributed by atoms with Gasteiger partial charge in [0, 0.05) is 38.8 Å². The average molecular weight is 269 g/mol. The quantitative estimate of drug-likeness (QED) is 0.716. The molecule has 2 aliphatic rings. The van der Waals surface area contributed by atoms with E-state index in [0.717, 1.165) is 32.3 Å². The molecule has 0 aliphatic carbocycles. The van der Waals surface area contributed by atoms with Crippen molar-refractivity contribution in [2.24, 2.45) is 0 Å². The molecule has 0 spiro atoms. The normalized spacial score (nSPS) is 25.3. The van der Waals surface area contributed by atoms with Crippen LogP contribution < -0.4 is 5.32 Å². The molecule has 1 unspecified atom stereocenters. The molecular weight excluding hydrogens is 238 g/mol. The molecule has 0 aromatic heterocycles. The predicted molar refractivity (Wildman–Crippen MR) is 79.6 cm³/mol. The van der Waals surface area contributed by atoms with E-state index in [1.165, 1.54) is 58.4 Å². The van der Waals surface area contributed by atoms with Gasteiger partial charge in [0.15, 0.2) is 0 Å². The molecule has 0 aromatic carbocycles. The number of nitrogens with zero attached hydrogens (tertiary/aromatic N) is 2. The molecule has 2 fully saturated rings. The monoisotopic (exact) mass is 269 g/mol. The van der Waals surface area contributed by atoms with Gasteiger partial charge in [0.05, 0.1) is 13.2 Å². The molecule has 0 bridgehead atoms. The maximum atomic E-state index is 5.41. The second kappa shape index (κ2) is 8.90. The summed E-state index contributed by atoms with van der Waals surface area (Å²) in [4.78, 5) is 5.21. The van der Waals surface area contributed by atoms with Crippen LogP contribution in [-0.2, 0) is 4.74 Å². The lowest BCUT2D eigenvalue weighted by Gasteiger charge is -2.31. The molecule has 0 aromatic rings. The molecule has 0 saturated carbocycles. The van der Waals surface area contributed by atoms with E-state index < -0.39 is 0 Å². The van der Waals surface area contributed by atoms with Crippen LogP contribution in [0.3, 0.4) is 0 Å². The smallest absolute Gasteiger partial charge is 0.0594 e. The lowest BCUT2D eigenvalue weighted by atomic mass is 10.2. The fraction of sp³-hybridized carbons (Fsp3) is 1.00. The SMILES string of the molecule is CCCCN(CCN1CCOCC1)CC1CCCN1. The summed E-state index contributed by atoms with van der Waals surface area (Å²) in [5.74, 6) is 0. The molecule has 2 saturated heterocycles. The summed E-state index contributed by atoms with van der Waals surface area (Å²) < 4.78 is 5.41. The summed E-state index contributed by atoms with van der Waals surface area (Å²) in [5.41, 5.74) is 0. The Bertz CT molecular complexity index is 225. The highest BCUT2D eigenvalue weighted by atomic mass is 16.5. The third-order valence-corrected chi connectivity index (χ3v) is 4.31. The zero-order valence-corrected chi connectivity index (χ0v) is 12.6. The van der Waals surface area contributed by atoms with Gasteiger partial charge in [-0.25, -0.2) is 0 Å². The van der Waals surface area contributed by atoms with Crippen LogP contribution in [0, 0.1) is 0 Å². The van der Waals surface area contributed by atoms with E-state index in [4.69, 9.17) is 4.74 Å². The van der Waals surface area contributed by atoms with Crippen LogP contribution in [0.5, 0.6) is 0 Å². The van der Waals surface area contributed by atoms with Crippen molar-refractivity contribution in [1.82, 2.24) is 15.1 Å². The zero-order chi connectivity index (χ0) is 13.3. The molecule has 2 rings (SSSR count). The molecule has 2 aliphatic heterocycles. The van der Waals surface area contributed by atoms with E-state index in [1.54, 1.807) is 0 Å². The maximum absolute atomic E-state index is 5.41. The Hall–Kier alpha value is -0.160. The molecular formula is C15H31N3O. The summed E-state index contributed by atoms with van der Waals surface area (Å²) in [6.07, 6.45) is 5.35. The van der Waals surface area contributed by atoms with Gasteiger partial charge in [0.1, 0.15) is 0 Å². The Balaban J connectivity index is 1.68. The second-order valence-electron chi connectivity index (χ2n) is 5.90. The van der Waals surface area contributed by atoms with Gasteiger partial charge in [0.25, 0.3) is 0 Å². The molecule has 112 valence electrons. The highest BCUT2D eigenvalue weighted by Crippen LogP contribution is 2.08. The average Bonchev–Trinajstić information content (AvgIpc) is 2.96. The van der Waals surface area contributed by atoms with Crippen LogP contribution >= 0.6 is 0 Å². The molecule has 2 heterocycles. The first-order valence-corrected chi connectivity index (χ1v) is 8.14. The van der Waals surface area contributed by atoms with Crippen LogP contribution in [-0.4, -0.2) is 74.9 Å². The number of unbranched alkanes of at least 4 members (excludes halogenated alkanes) is 1. The summed E-state index contributed by atoms with van der Waals surface area (Å²) >= 11 is 0. The highest BCUT2D eigenvalue weighted by Gasteiger charge is 2.18. The first kappa shape index (κ1) is 15.2. The lowest BCUT2D eigenvalue weighted by molar-refractivity contribution is 0.0329. The second-order valence-corrected chi connectivity index (χ2v) is 5.90. The number of hydrogen-bond donors (Lipinski definition) is 1. The first-order chi connectivity index (χ1) is 9.38. The van der Waals surface area contributed by atoms with Crippen LogP contribution in [0.15, 0.2) is 0 Å². The zero-order valence-electron chi connectivity index (χ0n) is 12.6. The molecule has 0 amide bonds. The molecule has 4 nitrogen and oxygen atoms in total. The lowest BCUT2D eigenvalue weighted by Crippen LogP contribution is -2.44. The van der Waals surface area contributed by atoms with E-state index in [0.29, 0.717) is 0 Å². The Labute approximate surface area is 118 Å². The fourth-order valence-corrected chi connectivity index (χ4v) is 3.01. The Morgan fingerprint density at radius 2 is 2.11 bits per heavy atom. The van der Waals surface area contributed by atoms with Gasteiger partial charge in [-0.1, -0.05) is 13.3 Å². The largest absolute Gasteiger partial charge is 0.379 e. The Morgan fingerprint density at radius 1 is 1.26 bits per heavy atom. The summed E-state index contributed by atoms with van der Waals surface area (Å²) in [5, 5.41) is 3.63. The summed E-state index contributed by atoms with van der Waals surface area (Å²) in [7, 11) is 0. The van der Waals surface area contributed by atoms with Gasteiger partial charge in [-0.3, -0.25) is 4.90 Å².